The van der Waals surface area contributed by atoms with Crippen LogP contribution >= 0.6 is 0 Å². The first-order valence-electron chi connectivity index (χ1n) is 9.90. The number of hydrogen-bond acceptors (Lipinski definition) is 5. The van der Waals surface area contributed by atoms with E-state index >= 15 is 0 Å². The van der Waals surface area contributed by atoms with Gasteiger partial charge in [0.05, 0.1) is 20.0 Å². The lowest BCUT2D eigenvalue weighted by molar-refractivity contribution is -0.274. The molecule has 4 rings (SSSR count). The summed E-state index contributed by atoms with van der Waals surface area (Å²) < 4.78 is 63.6. The molecule has 8 nitrogen and oxygen atoms in total. The van der Waals surface area contributed by atoms with Gasteiger partial charge in [-0.1, -0.05) is 6.07 Å². The Kier molecular flexibility index (Phi) is 5.90. The first-order valence-corrected chi connectivity index (χ1v) is 9.90. The highest BCUT2D eigenvalue weighted by Gasteiger charge is 2.31. The minimum Gasteiger partial charge on any atom is -0.497 e. The molecular formula is C22H18F4N4O4. The maximum atomic E-state index is 14.5. The van der Waals surface area contributed by atoms with Crippen LogP contribution in [0.4, 0.5) is 17.6 Å². The number of ether oxygens (including phenoxy) is 2. The Labute approximate surface area is 189 Å². The second-order valence-electron chi connectivity index (χ2n) is 7.45. The average molecular weight is 478 g/mol. The molecule has 0 saturated heterocycles. The number of methoxy groups -OCH3 is 1. The highest BCUT2D eigenvalue weighted by atomic mass is 19.4. The molecule has 2 aromatic heterocycles. The maximum absolute atomic E-state index is 14.5. The number of fused-ring (bicyclic) bond motifs is 1. The van der Waals surface area contributed by atoms with Crippen LogP contribution in [-0.2, 0) is 20.0 Å². The minimum atomic E-state index is -4.93. The first-order chi connectivity index (χ1) is 16.1. The van der Waals surface area contributed by atoms with Gasteiger partial charge in [-0.05, 0) is 47.0 Å². The number of alkyl halides is 3. The largest absolute Gasteiger partial charge is 0.573 e. The highest BCUT2D eigenvalue weighted by Crippen LogP contribution is 2.28. The van der Waals surface area contributed by atoms with Gasteiger partial charge < -0.3 is 14.5 Å². The Bertz CT molecular complexity index is 1490. The molecule has 0 aliphatic carbocycles. The fraction of sp³-hybridized carbons (Fsp3) is 0.227. The summed E-state index contributed by atoms with van der Waals surface area (Å²) in [6, 6.07) is 7.47. The van der Waals surface area contributed by atoms with Gasteiger partial charge in [0.15, 0.2) is 5.65 Å². The van der Waals surface area contributed by atoms with Gasteiger partial charge in [0.2, 0.25) is 0 Å². The molecule has 4 aromatic rings. The Balaban J connectivity index is 1.77. The van der Waals surface area contributed by atoms with Crippen molar-refractivity contribution in [2.24, 2.45) is 7.05 Å². The molecule has 2 aromatic carbocycles. The van der Waals surface area contributed by atoms with Crippen LogP contribution in [0.3, 0.4) is 0 Å². The van der Waals surface area contributed by atoms with Crippen LogP contribution in [0.1, 0.15) is 16.7 Å². The number of nitrogens with one attached hydrogen (secondary N) is 1. The lowest BCUT2D eigenvalue weighted by Crippen LogP contribution is -2.39. The molecule has 0 spiro atoms. The molecule has 0 unspecified atom stereocenters. The number of aryl methyl sites for hydroxylation is 1. The van der Waals surface area contributed by atoms with E-state index in [2.05, 4.69) is 14.7 Å². The zero-order chi connectivity index (χ0) is 24.6. The molecule has 2 heterocycles. The Hall–Kier alpha value is -4.09. The smallest absolute Gasteiger partial charge is 0.497 e. The Morgan fingerprint density at radius 3 is 2.44 bits per heavy atom. The monoisotopic (exact) mass is 478 g/mol. The summed E-state index contributed by atoms with van der Waals surface area (Å²) in [7, 11) is 2.89. The minimum absolute atomic E-state index is 0.0690. The molecule has 12 heteroatoms. The third-order valence-electron chi connectivity index (χ3n) is 5.29. The molecule has 178 valence electrons. The van der Waals surface area contributed by atoms with E-state index in [1.807, 2.05) is 0 Å². The second kappa shape index (κ2) is 8.69. The van der Waals surface area contributed by atoms with E-state index in [9.17, 15) is 27.2 Å². The van der Waals surface area contributed by atoms with Crippen LogP contribution in [0.5, 0.6) is 11.5 Å². The Morgan fingerprint density at radius 2 is 1.74 bits per heavy atom. The van der Waals surface area contributed by atoms with Gasteiger partial charge in [-0.2, -0.15) is 0 Å². The van der Waals surface area contributed by atoms with E-state index in [1.54, 1.807) is 18.2 Å². The third kappa shape index (κ3) is 4.51. The van der Waals surface area contributed by atoms with Gasteiger partial charge in [0.25, 0.3) is 5.56 Å². The summed E-state index contributed by atoms with van der Waals surface area (Å²) in [6.45, 7) is -0.167. The van der Waals surface area contributed by atoms with Crippen LogP contribution in [0.15, 0.2) is 52.3 Å². The van der Waals surface area contributed by atoms with E-state index in [1.165, 1.54) is 25.1 Å². The molecule has 1 N–H and O–H groups in total. The molecule has 0 aliphatic rings. The van der Waals surface area contributed by atoms with Gasteiger partial charge in [0, 0.05) is 13.5 Å². The third-order valence-corrected chi connectivity index (χ3v) is 5.29. The summed E-state index contributed by atoms with van der Waals surface area (Å²) in [5.74, 6) is -0.899. The first kappa shape index (κ1) is 23.1. The number of halogens is 4. The fourth-order valence-corrected chi connectivity index (χ4v) is 3.64. The van der Waals surface area contributed by atoms with Gasteiger partial charge >= 0.3 is 12.1 Å². The van der Waals surface area contributed by atoms with Crippen molar-refractivity contribution in [1.29, 1.82) is 0 Å². The number of H-pyrrole nitrogens is 1. The van der Waals surface area contributed by atoms with Crippen LogP contribution in [0, 0.1) is 5.82 Å². The Morgan fingerprint density at radius 1 is 1.03 bits per heavy atom. The number of rotatable bonds is 6. The molecule has 0 atom stereocenters. The predicted molar refractivity (Wildman–Crippen MR) is 114 cm³/mol. The summed E-state index contributed by atoms with van der Waals surface area (Å²) in [5, 5.41) is 0. The molecule has 0 saturated carbocycles. The number of aromatic amines is 1. The standard InChI is InChI=1S/C22H18F4N4O4/c1-29-19-18(27-11-28-19)20(31)30(21(29)32)10-12-3-4-15(33-2)8-13(12)7-14-9-16(5-6-17(14)23)34-22(24,25)26/h3-6,8-9,11H,7,10H2,1-2H3,(H,27,28). The van der Waals surface area contributed by atoms with E-state index in [0.29, 0.717) is 16.9 Å². The zero-order valence-corrected chi connectivity index (χ0v) is 17.9. The van der Waals surface area contributed by atoms with Crippen LogP contribution < -0.4 is 20.7 Å². The number of hydrogen-bond donors (Lipinski definition) is 1. The lowest BCUT2D eigenvalue weighted by atomic mass is 9.98. The summed E-state index contributed by atoms with van der Waals surface area (Å²) in [5.41, 5.74) is -0.0193. The SMILES string of the molecule is COc1ccc(Cn2c(=O)c3[nH]cnc3n(C)c2=O)c(Cc2cc(OC(F)(F)F)ccc2F)c1. The van der Waals surface area contributed by atoms with Gasteiger partial charge in [-0.3, -0.25) is 13.9 Å². The van der Waals surface area contributed by atoms with Crippen molar-refractivity contribution in [3.8, 4) is 11.5 Å². The van der Waals surface area contributed by atoms with Gasteiger partial charge in [0.1, 0.15) is 22.8 Å². The van der Waals surface area contributed by atoms with Crippen molar-refractivity contribution in [3.63, 3.8) is 0 Å². The highest BCUT2D eigenvalue weighted by molar-refractivity contribution is 5.68. The molecular weight excluding hydrogens is 460 g/mol. The topological polar surface area (TPSA) is 91.1 Å². The predicted octanol–water partition coefficient (Wildman–Crippen LogP) is 3.11. The molecule has 0 aliphatic heterocycles. The molecule has 0 bridgehead atoms. The average Bonchev–Trinajstić information content (AvgIpc) is 3.27. The fourth-order valence-electron chi connectivity index (χ4n) is 3.64. The summed E-state index contributed by atoms with van der Waals surface area (Å²) >= 11 is 0. The van der Waals surface area contributed by atoms with Gasteiger partial charge in [-0.15, -0.1) is 13.2 Å². The number of nitrogens with zero attached hydrogens (tertiary/aromatic N) is 3. The summed E-state index contributed by atoms with van der Waals surface area (Å²) in [4.78, 5) is 32.3. The number of aromatic nitrogens is 4. The van der Waals surface area contributed by atoms with Crippen molar-refractivity contribution in [2.45, 2.75) is 19.3 Å². The van der Waals surface area contributed by atoms with Crippen molar-refractivity contribution < 1.29 is 27.0 Å². The van der Waals surface area contributed by atoms with Crippen LogP contribution in [0.25, 0.3) is 11.2 Å². The van der Waals surface area contributed by atoms with E-state index < -0.39 is 29.2 Å². The second-order valence-corrected chi connectivity index (χ2v) is 7.45. The zero-order valence-electron chi connectivity index (χ0n) is 17.9. The van der Waals surface area contributed by atoms with Crippen molar-refractivity contribution in [2.75, 3.05) is 7.11 Å². The van der Waals surface area contributed by atoms with E-state index in [-0.39, 0.29) is 29.7 Å². The van der Waals surface area contributed by atoms with Crippen LogP contribution in [-0.4, -0.2) is 32.6 Å². The number of imidazole rings is 1. The van der Waals surface area contributed by atoms with Crippen molar-refractivity contribution >= 4 is 11.2 Å². The molecule has 0 radical (unpaired) electrons. The lowest BCUT2D eigenvalue weighted by Gasteiger charge is -2.15. The van der Waals surface area contributed by atoms with Gasteiger partial charge in [-0.25, -0.2) is 14.2 Å². The summed E-state index contributed by atoms with van der Waals surface area (Å²) in [6.07, 6.45) is -3.77. The van der Waals surface area contributed by atoms with E-state index in [4.69, 9.17) is 4.74 Å². The normalized spacial score (nSPS) is 11.7. The molecule has 34 heavy (non-hydrogen) atoms. The quantitative estimate of drug-likeness (QED) is 0.430. The maximum Gasteiger partial charge on any atom is 0.573 e. The van der Waals surface area contributed by atoms with Crippen molar-refractivity contribution in [3.05, 3.63) is 86.1 Å². The van der Waals surface area contributed by atoms with E-state index in [0.717, 1.165) is 22.8 Å². The van der Waals surface area contributed by atoms with Crippen molar-refractivity contribution in [1.82, 2.24) is 19.1 Å². The number of benzene rings is 2. The van der Waals surface area contributed by atoms with Crippen LogP contribution in [0.2, 0.25) is 0 Å². The molecule has 0 amide bonds. The molecule has 0 fully saturated rings.